The maximum Gasteiger partial charge on any atom is 0.407 e. The number of rotatable bonds is 14. The summed E-state index contributed by atoms with van der Waals surface area (Å²) in [7, 11) is 0. The summed E-state index contributed by atoms with van der Waals surface area (Å²) in [5.41, 5.74) is 1.36. The van der Waals surface area contributed by atoms with Crippen LogP contribution in [0, 0.1) is 5.92 Å². The first kappa shape index (κ1) is 31.3. The van der Waals surface area contributed by atoms with Crippen molar-refractivity contribution in [1.82, 2.24) is 15.5 Å². The van der Waals surface area contributed by atoms with E-state index in [1.54, 1.807) is 0 Å². The minimum absolute atomic E-state index is 0.192. The molecule has 0 aromatic heterocycles. The van der Waals surface area contributed by atoms with Crippen LogP contribution in [0.25, 0.3) is 0 Å². The highest BCUT2D eigenvalue weighted by Crippen LogP contribution is 2.16. The summed E-state index contributed by atoms with van der Waals surface area (Å²) in [6.07, 6.45) is 1.29. The van der Waals surface area contributed by atoms with Gasteiger partial charge in [-0.3, -0.25) is 9.69 Å². The smallest absolute Gasteiger partial charge is 0.407 e. The standard InChI is InChI=1S/C31H47N3O4/c1-30(2,3)37-28(35)27(21-32-19-13-14-20-33-29(36)38-31(4,5)6)24-34(22-25-15-9-7-10-16-25)23-26-17-11-8-12-18-26/h7-12,15-18,27,32H,13-14,19-24H2,1-6H3,(H,33,36). The molecule has 2 N–H and O–H groups in total. The molecule has 0 radical (unpaired) electrons. The number of nitrogens with one attached hydrogen (secondary N) is 2. The number of unbranched alkanes of at least 4 members (excludes halogenated alkanes) is 1. The Morgan fingerprint density at radius 2 is 1.26 bits per heavy atom. The number of nitrogens with zero attached hydrogens (tertiary/aromatic N) is 1. The molecule has 38 heavy (non-hydrogen) atoms. The van der Waals surface area contributed by atoms with Crippen molar-refractivity contribution in [3.8, 4) is 0 Å². The third kappa shape index (κ3) is 14.1. The second-order valence-corrected chi connectivity index (χ2v) is 11.7. The van der Waals surface area contributed by atoms with Crippen LogP contribution in [0.15, 0.2) is 60.7 Å². The Hall–Kier alpha value is -2.90. The molecule has 0 spiro atoms. The molecule has 210 valence electrons. The Bertz CT molecular complexity index is 911. The molecule has 0 saturated heterocycles. The summed E-state index contributed by atoms with van der Waals surface area (Å²) in [4.78, 5) is 27.3. The average Bonchev–Trinajstić information content (AvgIpc) is 2.81. The number of esters is 1. The van der Waals surface area contributed by atoms with Gasteiger partial charge in [0.05, 0.1) is 5.92 Å². The van der Waals surface area contributed by atoms with E-state index in [-0.39, 0.29) is 11.9 Å². The highest BCUT2D eigenvalue weighted by molar-refractivity contribution is 5.73. The van der Waals surface area contributed by atoms with Gasteiger partial charge in [0, 0.05) is 32.7 Å². The van der Waals surface area contributed by atoms with Crippen molar-refractivity contribution in [2.45, 2.75) is 78.7 Å². The molecule has 0 fully saturated rings. The molecule has 7 nitrogen and oxygen atoms in total. The van der Waals surface area contributed by atoms with Crippen LogP contribution in [0.2, 0.25) is 0 Å². The Kier molecular flexibility index (Phi) is 12.8. The summed E-state index contributed by atoms with van der Waals surface area (Å²) in [5.74, 6) is -0.510. The minimum Gasteiger partial charge on any atom is -0.460 e. The van der Waals surface area contributed by atoms with E-state index < -0.39 is 17.3 Å². The molecule has 7 heteroatoms. The molecular formula is C31H47N3O4. The number of ether oxygens (including phenoxy) is 2. The molecular weight excluding hydrogens is 478 g/mol. The summed E-state index contributed by atoms with van der Waals surface area (Å²) in [6.45, 7) is 15.1. The molecule has 1 amide bonds. The number of carbonyl (C=O) groups is 2. The molecule has 0 saturated carbocycles. The Morgan fingerprint density at radius 1 is 0.763 bits per heavy atom. The monoisotopic (exact) mass is 525 g/mol. The summed E-state index contributed by atoms with van der Waals surface area (Å²) in [6, 6.07) is 20.7. The second-order valence-electron chi connectivity index (χ2n) is 11.7. The van der Waals surface area contributed by atoms with Gasteiger partial charge in [-0.25, -0.2) is 4.79 Å². The molecule has 0 bridgehead atoms. The first-order valence-electron chi connectivity index (χ1n) is 13.6. The average molecular weight is 526 g/mol. The van der Waals surface area contributed by atoms with E-state index in [0.717, 1.165) is 32.5 Å². The van der Waals surface area contributed by atoms with E-state index in [0.29, 0.717) is 19.6 Å². The molecule has 2 rings (SSSR count). The van der Waals surface area contributed by atoms with Crippen LogP contribution < -0.4 is 10.6 Å². The van der Waals surface area contributed by atoms with E-state index in [2.05, 4.69) is 39.8 Å². The number of benzene rings is 2. The maximum absolute atomic E-state index is 13.2. The van der Waals surface area contributed by atoms with Crippen LogP contribution >= 0.6 is 0 Å². The van der Waals surface area contributed by atoms with Crippen LogP contribution in [-0.2, 0) is 27.4 Å². The van der Waals surface area contributed by atoms with Gasteiger partial charge < -0.3 is 20.1 Å². The molecule has 1 unspecified atom stereocenters. The van der Waals surface area contributed by atoms with Crippen molar-refractivity contribution < 1.29 is 19.1 Å². The first-order valence-corrected chi connectivity index (χ1v) is 13.6. The van der Waals surface area contributed by atoms with Crippen molar-refractivity contribution >= 4 is 12.1 Å². The predicted molar refractivity (Wildman–Crippen MR) is 153 cm³/mol. The Morgan fingerprint density at radius 3 is 1.76 bits per heavy atom. The lowest BCUT2D eigenvalue weighted by molar-refractivity contribution is -0.160. The number of hydrogen-bond acceptors (Lipinski definition) is 6. The molecule has 2 aromatic carbocycles. The van der Waals surface area contributed by atoms with E-state index in [1.807, 2.05) is 77.9 Å². The van der Waals surface area contributed by atoms with Crippen molar-refractivity contribution in [3.05, 3.63) is 71.8 Å². The number of alkyl carbamates (subject to hydrolysis) is 1. The van der Waals surface area contributed by atoms with E-state index in [1.165, 1.54) is 11.1 Å². The third-order valence-electron chi connectivity index (χ3n) is 5.56. The van der Waals surface area contributed by atoms with Gasteiger partial charge in [-0.1, -0.05) is 60.7 Å². The Labute approximate surface area is 229 Å². The maximum atomic E-state index is 13.2. The Balaban J connectivity index is 1.95. The fraction of sp³-hybridized carbons (Fsp3) is 0.548. The molecule has 2 aromatic rings. The predicted octanol–water partition coefficient (Wildman–Crippen LogP) is 5.54. The topological polar surface area (TPSA) is 79.9 Å². The molecule has 1 atom stereocenters. The number of carbonyl (C=O) groups excluding carboxylic acids is 2. The third-order valence-corrected chi connectivity index (χ3v) is 5.56. The zero-order valence-electron chi connectivity index (χ0n) is 24.1. The summed E-state index contributed by atoms with van der Waals surface area (Å²) >= 11 is 0. The molecule has 0 aliphatic rings. The lowest BCUT2D eigenvalue weighted by atomic mass is 10.1. The first-order chi connectivity index (χ1) is 17.9. The summed E-state index contributed by atoms with van der Waals surface area (Å²) < 4.78 is 11.1. The van der Waals surface area contributed by atoms with Crippen LogP contribution in [0.1, 0.15) is 65.5 Å². The van der Waals surface area contributed by atoms with Gasteiger partial charge in [0.15, 0.2) is 0 Å². The van der Waals surface area contributed by atoms with E-state index >= 15 is 0 Å². The van der Waals surface area contributed by atoms with Gasteiger partial charge in [-0.15, -0.1) is 0 Å². The van der Waals surface area contributed by atoms with E-state index in [4.69, 9.17) is 9.47 Å². The minimum atomic E-state index is -0.549. The lowest BCUT2D eigenvalue weighted by Crippen LogP contribution is -2.41. The van der Waals surface area contributed by atoms with Gasteiger partial charge in [0.1, 0.15) is 11.2 Å². The second kappa shape index (κ2) is 15.5. The van der Waals surface area contributed by atoms with Gasteiger partial charge in [0.25, 0.3) is 0 Å². The van der Waals surface area contributed by atoms with Crippen LogP contribution in [0.3, 0.4) is 0 Å². The highest BCUT2D eigenvalue weighted by atomic mass is 16.6. The van der Waals surface area contributed by atoms with Crippen molar-refractivity contribution in [2.24, 2.45) is 5.92 Å². The quantitative estimate of drug-likeness (QED) is 0.249. The SMILES string of the molecule is CC(C)(C)OC(=O)NCCCCNCC(CN(Cc1ccccc1)Cc1ccccc1)C(=O)OC(C)(C)C. The largest absolute Gasteiger partial charge is 0.460 e. The number of hydrogen-bond donors (Lipinski definition) is 2. The normalized spacial score (nSPS) is 12.7. The van der Waals surface area contributed by atoms with Gasteiger partial charge in [0.2, 0.25) is 0 Å². The molecule has 0 heterocycles. The van der Waals surface area contributed by atoms with Crippen molar-refractivity contribution in [3.63, 3.8) is 0 Å². The van der Waals surface area contributed by atoms with Crippen LogP contribution in [-0.4, -0.2) is 54.3 Å². The van der Waals surface area contributed by atoms with Gasteiger partial charge >= 0.3 is 12.1 Å². The van der Waals surface area contributed by atoms with Crippen molar-refractivity contribution in [2.75, 3.05) is 26.2 Å². The summed E-state index contributed by atoms with van der Waals surface area (Å²) in [5, 5.41) is 6.23. The lowest BCUT2D eigenvalue weighted by Gasteiger charge is -2.29. The zero-order chi connectivity index (χ0) is 28.0. The van der Waals surface area contributed by atoms with Crippen LogP contribution in [0.5, 0.6) is 0 Å². The fourth-order valence-corrected chi connectivity index (χ4v) is 3.94. The fourth-order valence-electron chi connectivity index (χ4n) is 3.94. The van der Waals surface area contributed by atoms with Gasteiger partial charge in [-0.05, 0) is 72.1 Å². The van der Waals surface area contributed by atoms with E-state index in [9.17, 15) is 9.59 Å². The highest BCUT2D eigenvalue weighted by Gasteiger charge is 2.27. The molecule has 0 aliphatic heterocycles. The van der Waals surface area contributed by atoms with Crippen molar-refractivity contribution in [1.29, 1.82) is 0 Å². The van der Waals surface area contributed by atoms with Gasteiger partial charge in [-0.2, -0.15) is 0 Å². The van der Waals surface area contributed by atoms with Crippen LogP contribution in [0.4, 0.5) is 4.79 Å². The number of amides is 1. The zero-order valence-corrected chi connectivity index (χ0v) is 24.1. The molecule has 0 aliphatic carbocycles.